The molecule has 1 aromatic heterocycles. The highest BCUT2D eigenvalue weighted by Crippen LogP contribution is 2.25. The van der Waals surface area contributed by atoms with E-state index in [0.29, 0.717) is 30.3 Å². The number of carbonyl (C=O) groups excluding carboxylic acids is 1. The Morgan fingerprint density at radius 2 is 2.12 bits per heavy atom. The van der Waals surface area contributed by atoms with E-state index >= 15 is 0 Å². The van der Waals surface area contributed by atoms with Gasteiger partial charge in [-0.1, -0.05) is 0 Å². The van der Waals surface area contributed by atoms with Crippen molar-refractivity contribution in [3.8, 4) is 11.4 Å². The molecule has 2 aromatic rings. The van der Waals surface area contributed by atoms with Gasteiger partial charge in [0, 0.05) is 13.1 Å². The predicted molar refractivity (Wildman–Crippen MR) is 97.1 cm³/mol. The van der Waals surface area contributed by atoms with Crippen molar-refractivity contribution in [3.63, 3.8) is 0 Å². The van der Waals surface area contributed by atoms with Crippen LogP contribution in [0.15, 0.2) is 24.4 Å². The molecule has 1 aromatic carbocycles. The molecule has 7 heteroatoms. The van der Waals surface area contributed by atoms with Gasteiger partial charge in [0.1, 0.15) is 5.82 Å². The van der Waals surface area contributed by atoms with Crippen LogP contribution in [0, 0.1) is 18.7 Å². The average molecular weight is 360 g/mol. The maximum atomic E-state index is 13.3. The Bertz CT molecular complexity index is 782. The number of benzene rings is 1. The summed E-state index contributed by atoms with van der Waals surface area (Å²) >= 11 is 0. The maximum Gasteiger partial charge on any atom is 0.278 e. The monoisotopic (exact) mass is 360 g/mol. The number of aryl methyl sites for hydroxylation is 1. The van der Waals surface area contributed by atoms with Crippen LogP contribution < -0.4 is 5.32 Å². The van der Waals surface area contributed by atoms with E-state index in [1.165, 1.54) is 23.0 Å². The maximum absolute atomic E-state index is 13.3. The summed E-state index contributed by atoms with van der Waals surface area (Å²) in [7, 11) is 1.95. The molecule has 1 saturated heterocycles. The molecular weight excluding hydrogens is 335 g/mol. The first-order chi connectivity index (χ1) is 12.5. The fourth-order valence-corrected chi connectivity index (χ4v) is 3.44. The molecule has 0 bridgehead atoms. The van der Waals surface area contributed by atoms with E-state index in [0.717, 1.165) is 25.8 Å². The van der Waals surface area contributed by atoms with E-state index in [2.05, 4.69) is 10.4 Å². The number of likely N-dealkylation sites (tertiary alicyclic amines) is 1. The minimum Gasteiger partial charge on any atom is -0.504 e. The number of piperidine rings is 1. The number of aromatic hydroxyl groups is 1. The third-order valence-electron chi connectivity index (χ3n) is 5.01. The van der Waals surface area contributed by atoms with Crippen LogP contribution in [0.1, 0.15) is 35.3 Å². The van der Waals surface area contributed by atoms with Crippen molar-refractivity contribution in [2.75, 3.05) is 26.7 Å². The third-order valence-corrected chi connectivity index (χ3v) is 5.01. The average Bonchev–Trinajstić information content (AvgIpc) is 3.01. The lowest BCUT2D eigenvalue weighted by Crippen LogP contribution is -2.39. The Hall–Kier alpha value is -2.41. The number of hydrogen-bond acceptors (Lipinski definition) is 4. The lowest BCUT2D eigenvalue weighted by molar-refractivity contribution is 0.0677. The highest BCUT2D eigenvalue weighted by atomic mass is 19.1. The number of amides is 1. The molecule has 1 aliphatic rings. The number of aromatic nitrogens is 2. The van der Waals surface area contributed by atoms with Gasteiger partial charge in [-0.15, -0.1) is 0 Å². The van der Waals surface area contributed by atoms with E-state index < -0.39 is 0 Å². The van der Waals surface area contributed by atoms with Gasteiger partial charge < -0.3 is 15.3 Å². The van der Waals surface area contributed by atoms with Gasteiger partial charge in [-0.3, -0.25) is 4.79 Å². The first-order valence-electron chi connectivity index (χ1n) is 8.98. The van der Waals surface area contributed by atoms with Gasteiger partial charge in [-0.25, -0.2) is 9.07 Å². The van der Waals surface area contributed by atoms with Crippen molar-refractivity contribution >= 4 is 5.91 Å². The molecule has 2 N–H and O–H groups in total. The number of rotatable bonds is 5. The quantitative estimate of drug-likeness (QED) is 0.859. The molecule has 1 aliphatic heterocycles. The van der Waals surface area contributed by atoms with Crippen LogP contribution in [0.3, 0.4) is 0 Å². The zero-order valence-electron chi connectivity index (χ0n) is 15.2. The van der Waals surface area contributed by atoms with Crippen molar-refractivity contribution in [3.05, 3.63) is 41.5 Å². The van der Waals surface area contributed by atoms with Gasteiger partial charge in [0.2, 0.25) is 0 Å². The fourth-order valence-electron chi connectivity index (χ4n) is 3.44. The molecule has 0 aliphatic carbocycles. The molecule has 0 spiro atoms. The van der Waals surface area contributed by atoms with E-state index in [1.54, 1.807) is 17.9 Å². The van der Waals surface area contributed by atoms with Gasteiger partial charge in [0.15, 0.2) is 11.4 Å². The fraction of sp³-hybridized carbons (Fsp3) is 0.474. The summed E-state index contributed by atoms with van der Waals surface area (Å²) in [6.45, 7) is 4.10. The van der Waals surface area contributed by atoms with Crippen LogP contribution in [-0.2, 0) is 0 Å². The van der Waals surface area contributed by atoms with Gasteiger partial charge in [-0.2, -0.15) is 5.10 Å². The van der Waals surface area contributed by atoms with E-state index in [9.17, 15) is 14.3 Å². The zero-order valence-corrected chi connectivity index (χ0v) is 15.2. The second kappa shape index (κ2) is 7.86. The second-order valence-corrected chi connectivity index (χ2v) is 6.87. The topological polar surface area (TPSA) is 70.4 Å². The van der Waals surface area contributed by atoms with Crippen LogP contribution in [0.5, 0.6) is 5.75 Å². The van der Waals surface area contributed by atoms with Crippen molar-refractivity contribution < 1.29 is 14.3 Å². The molecule has 0 radical (unpaired) electrons. The molecule has 1 fully saturated rings. The van der Waals surface area contributed by atoms with Crippen LogP contribution in [0.4, 0.5) is 4.39 Å². The number of nitrogens with one attached hydrogen (secondary N) is 1. The zero-order chi connectivity index (χ0) is 18.7. The number of hydrogen-bond donors (Lipinski definition) is 2. The Kier molecular flexibility index (Phi) is 5.56. The van der Waals surface area contributed by atoms with Crippen molar-refractivity contribution in [1.82, 2.24) is 20.0 Å². The molecular formula is C19H25FN4O2. The van der Waals surface area contributed by atoms with E-state index in [4.69, 9.17) is 0 Å². The van der Waals surface area contributed by atoms with Crippen LogP contribution in [-0.4, -0.2) is 52.4 Å². The smallest absolute Gasteiger partial charge is 0.278 e. The van der Waals surface area contributed by atoms with E-state index in [-0.39, 0.29) is 23.2 Å². The van der Waals surface area contributed by atoms with Gasteiger partial charge in [-0.05, 0) is 69.5 Å². The Balaban J connectivity index is 1.72. The first kappa shape index (κ1) is 18.4. The molecule has 0 saturated carbocycles. The molecule has 140 valence electrons. The van der Waals surface area contributed by atoms with Gasteiger partial charge in [0.25, 0.3) is 5.91 Å². The van der Waals surface area contributed by atoms with Crippen molar-refractivity contribution in [2.24, 2.45) is 5.92 Å². The summed E-state index contributed by atoms with van der Waals surface area (Å²) in [6.07, 6.45) is 4.44. The van der Waals surface area contributed by atoms with Crippen LogP contribution in [0.2, 0.25) is 0 Å². The minimum atomic E-state index is -0.333. The molecule has 2 heterocycles. The normalized spacial score (nSPS) is 15.4. The van der Waals surface area contributed by atoms with E-state index in [1.807, 2.05) is 7.05 Å². The molecule has 6 nitrogen and oxygen atoms in total. The first-order valence-corrected chi connectivity index (χ1v) is 8.98. The summed E-state index contributed by atoms with van der Waals surface area (Å²) in [5.74, 6) is -0.122. The number of halogens is 1. The van der Waals surface area contributed by atoms with Gasteiger partial charge >= 0.3 is 0 Å². The van der Waals surface area contributed by atoms with Crippen LogP contribution >= 0.6 is 0 Å². The van der Waals surface area contributed by atoms with Crippen LogP contribution in [0.25, 0.3) is 5.69 Å². The number of nitrogens with zero attached hydrogens (tertiary/aromatic N) is 3. The predicted octanol–water partition coefficient (Wildman–Crippen LogP) is 2.49. The molecule has 26 heavy (non-hydrogen) atoms. The molecule has 1 amide bonds. The lowest BCUT2D eigenvalue weighted by Gasteiger charge is -2.31. The molecule has 0 unspecified atom stereocenters. The lowest BCUT2D eigenvalue weighted by atomic mass is 9.93. The Morgan fingerprint density at radius 1 is 1.38 bits per heavy atom. The molecule has 0 atom stereocenters. The SMILES string of the molecule is CNCCC1CCN(C(=O)c2nn(-c3ccc(F)cc3C)cc2O)CC1. The molecule has 3 rings (SSSR count). The Labute approximate surface area is 152 Å². The summed E-state index contributed by atoms with van der Waals surface area (Å²) in [5, 5.41) is 17.6. The minimum absolute atomic E-state index is 0.0439. The highest BCUT2D eigenvalue weighted by molar-refractivity contribution is 5.94. The number of carbonyl (C=O) groups is 1. The third kappa shape index (κ3) is 3.88. The summed E-state index contributed by atoms with van der Waals surface area (Å²) in [5.41, 5.74) is 1.35. The summed E-state index contributed by atoms with van der Waals surface area (Å²) in [6, 6.07) is 4.31. The van der Waals surface area contributed by atoms with Crippen molar-refractivity contribution in [2.45, 2.75) is 26.2 Å². The standard InChI is InChI=1S/C19H25FN4O2/c1-13-11-15(20)3-4-16(13)24-12-17(25)18(22-24)19(26)23-9-6-14(7-10-23)5-8-21-2/h3-4,11-12,14,21,25H,5-10H2,1-2H3. The van der Waals surface area contributed by atoms with Gasteiger partial charge in [0.05, 0.1) is 11.9 Å². The largest absolute Gasteiger partial charge is 0.504 e. The second-order valence-electron chi connectivity index (χ2n) is 6.87. The Morgan fingerprint density at radius 3 is 2.77 bits per heavy atom. The summed E-state index contributed by atoms with van der Waals surface area (Å²) < 4.78 is 14.7. The highest BCUT2D eigenvalue weighted by Gasteiger charge is 2.27. The summed E-state index contributed by atoms with van der Waals surface area (Å²) in [4.78, 5) is 14.5. The van der Waals surface area contributed by atoms with Crippen molar-refractivity contribution in [1.29, 1.82) is 0 Å².